The average molecular weight is 359 g/mol. The van der Waals surface area contributed by atoms with Crippen molar-refractivity contribution < 1.29 is 0 Å². The fraction of sp³-hybridized carbons (Fsp3) is 0.118. The van der Waals surface area contributed by atoms with Crippen molar-refractivity contribution in [3.63, 3.8) is 0 Å². The first-order valence-electron chi connectivity index (χ1n) is 7.40. The van der Waals surface area contributed by atoms with Gasteiger partial charge in [-0.2, -0.15) is 0 Å². The number of fused-ring (bicyclic) bond motifs is 1. The molecule has 4 rings (SSSR count). The Balaban J connectivity index is 1.79. The summed E-state index contributed by atoms with van der Waals surface area (Å²) >= 11 is 12.1. The highest BCUT2D eigenvalue weighted by atomic mass is 35.5. The molecule has 0 radical (unpaired) electrons. The maximum Gasteiger partial charge on any atom is 0.281 e. The molecule has 1 aliphatic heterocycles. The Kier molecular flexibility index (Phi) is 3.75. The minimum Gasteiger partial charge on any atom is -0.309 e. The molecular weight excluding hydrogens is 347 g/mol. The summed E-state index contributed by atoms with van der Waals surface area (Å²) in [7, 11) is 0. The van der Waals surface area contributed by atoms with Crippen LogP contribution in [0, 0.1) is 0 Å². The number of benzene rings is 2. The van der Waals surface area contributed by atoms with E-state index in [9.17, 15) is 4.79 Å². The molecule has 0 atom stereocenters. The van der Waals surface area contributed by atoms with Crippen LogP contribution < -0.4 is 10.5 Å². The van der Waals surface area contributed by atoms with E-state index in [0.29, 0.717) is 34.8 Å². The molecule has 0 fully saturated rings. The molecule has 2 heterocycles. The van der Waals surface area contributed by atoms with Gasteiger partial charge >= 0.3 is 0 Å². The zero-order chi connectivity index (χ0) is 16.7. The van der Waals surface area contributed by atoms with Crippen LogP contribution in [0.5, 0.6) is 0 Å². The van der Waals surface area contributed by atoms with Gasteiger partial charge in [0.15, 0.2) is 5.69 Å². The first-order chi connectivity index (χ1) is 11.6. The second-order valence-corrected chi connectivity index (χ2v) is 6.24. The second kappa shape index (κ2) is 5.92. The number of hydrogen-bond acceptors (Lipinski definition) is 4. The lowest BCUT2D eigenvalue weighted by Gasteiger charge is -2.17. The molecular formula is C17H12Cl2N4O. The highest BCUT2D eigenvalue weighted by Gasteiger charge is 2.25. The molecule has 0 amide bonds. The molecule has 0 unspecified atom stereocenters. The van der Waals surface area contributed by atoms with Crippen LogP contribution in [-0.4, -0.2) is 21.3 Å². The average Bonchev–Trinajstić information content (AvgIpc) is 3.03. The van der Waals surface area contributed by atoms with Gasteiger partial charge in [0.2, 0.25) is 5.95 Å². The molecule has 24 heavy (non-hydrogen) atoms. The lowest BCUT2D eigenvalue weighted by Crippen LogP contribution is -2.23. The van der Waals surface area contributed by atoms with Crippen molar-refractivity contribution >= 4 is 34.8 Å². The summed E-state index contributed by atoms with van der Waals surface area (Å²) in [5, 5.41) is 9.37. The first-order valence-corrected chi connectivity index (χ1v) is 8.16. The van der Waals surface area contributed by atoms with Crippen LogP contribution in [0.4, 0.5) is 11.6 Å². The number of halogens is 2. The van der Waals surface area contributed by atoms with Gasteiger partial charge in [0.25, 0.3) is 5.56 Å². The molecule has 3 aromatic rings. The zero-order valence-electron chi connectivity index (χ0n) is 12.5. The van der Waals surface area contributed by atoms with Gasteiger partial charge in [-0.15, -0.1) is 10.2 Å². The van der Waals surface area contributed by atoms with Crippen molar-refractivity contribution in [1.29, 1.82) is 0 Å². The fourth-order valence-electron chi connectivity index (χ4n) is 2.79. The quantitative estimate of drug-likeness (QED) is 0.699. The summed E-state index contributed by atoms with van der Waals surface area (Å²) in [6, 6.07) is 14.7. The van der Waals surface area contributed by atoms with Crippen LogP contribution in [0.1, 0.15) is 0 Å². The van der Waals surface area contributed by atoms with Gasteiger partial charge in [-0.05, 0) is 18.2 Å². The summed E-state index contributed by atoms with van der Waals surface area (Å²) in [6.07, 6.45) is 0. The summed E-state index contributed by atoms with van der Waals surface area (Å²) in [4.78, 5) is 14.7. The third-order valence-corrected chi connectivity index (χ3v) is 4.72. The minimum absolute atomic E-state index is 0.145. The first kappa shape index (κ1) is 15.2. The predicted molar refractivity (Wildman–Crippen MR) is 95.2 cm³/mol. The molecule has 7 heteroatoms. The Hall–Kier alpha value is -2.37. The highest BCUT2D eigenvalue weighted by Crippen LogP contribution is 2.32. The lowest BCUT2D eigenvalue weighted by molar-refractivity contribution is 0.742. The van der Waals surface area contributed by atoms with Crippen molar-refractivity contribution in [2.24, 2.45) is 0 Å². The summed E-state index contributed by atoms with van der Waals surface area (Å²) in [5.74, 6) is 0.512. The largest absolute Gasteiger partial charge is 0.309 e. The Morgan fingerprint density at radius 2 is 1.71 bits per heavy atom. The molecule has 1 aliphatic rings. The molecule has 0 saturated heterocycles. The highest BCUT2D eigenvalue weighted by molar-refractivity contribution is 6.42. The molecule has 0 aliphatic carbocycles. The van der Waals surface area contributed by atoms with E-state index in [0.717, 1.165) is 11.3 Å². The molecule has 5 nitrogen and oxygen atoms in total. The maximum absolute atomic E-state index is 12.7. The van der Waals surface area contributed by atoms with Gasteiger partial charge < -0.3 is 4.90 Å². The normalized spacial score (nSPS) is 13.2. The number of anilines is 2. The van der Waals surface area contributed by atoms with Crippen LogP contribution in [-0.2, 0) is 6.54 Å². The SMILES string of the molecule is O=c1c(-c2ccccc2)nnc2n1CCN2c1ccc(Cl)c(Cl)c1. The van der Waals surface area contributed by atoms with Crippen molar-refractivity contribution in [2.45, 2.75) is 6.54 Å². The van der Waals surface area contributed by atoms with Gasteiger partial charge in [0.1, 0.15) is 0 Å². The lowest BCUT2D eigenvalue weighted by atomic mass is 10.2. The van der Waals surface area contributed by atoms with E-state index in [4.69, 9.17) is 23.2 Å². The number of nitrogens with zero attached hydrogens (tertiary/aromatic N) is 4. The van der Waals surface area contributed by atoms with E-state index in [1.165, 1.54) is 0 Å². The Morgan fingerprint density at radius 3 is 2.46 bits per heavy atom. The van der Waals surface area contributed by atoms with Crippen molar-refractivity contribution in [3.8, 4) is 11.3 Å². The summed E-state index contributed by atoms with van der Waals surface area (Å²) < 4.78 is 1.64. The van der Waals surface area contributed by atoms with E-state index in [-0.39, 0.29) is 5.56 Å². The van der Waals surface area contributed by atoms with Crippen molar-refractivity contribution in [1.82, 2.24) is 14.8 Å². The smallest absolute Gasteiger partial charge is 0.281 e. The van der Waals surface area contributed by atoms with E-state index >= 15 is 0 Å². The number of rotatable bonds is 2. The minimum atomic E-state index is -0.145. The fourth-order valence-corrected chi connectivity index (χ4v) is 3.08. The topological polar surface area (TPSA) is 51.0 Å². The van der Waals surface area contributed by atoms with Crippen LogP contribution >= 0.6 is 23.2 Å². The summed E-state index contributed by atoms with van der Waals surface area (Å²) in [6.45, 7) is 1.17. The van der Waals surface area contributed by atoms with Crippen molar-refractivity contribution in [3.05, 3.63) is 68.9 Å². The van der Waals surface area contributed by atoms with Crippen molar-refractivity contribution in [2.75, 3.05) is 11.4 Å². The third kappa shape index (κ3) is 2.46. The molecule has 1 aromatic heterocycles. The van der Waals surface area contributed by atoms with Gasteiger partial charge in [0, 0.05) is 24.3 Å². The van der Waals surface area contributed by atoms with Crippen LogP contribution in [0.15, 0.2) is 53.3 Å². The van der Waals surface area contributed by atoms with E-state index in [1.54, 1.807) is 16.7 Å². The second-order valence-electron chi connectivity index (χ2n) is 5.42. The van der Waals surface area contributed by atoms with Gasteiger partial charge in [0.05, 0.1) is 10.0 Å². The molecule has 0 bridgehead atoms. The Labute approximate surface area is 148 Å². The molecule has 0 spiro atoms. The van der Waals surface area contributed by atoms with E-state index in [2.05, 4.69) is 10.2 Å². The van der Waals surface area contributed by atoms with Gasteiger partial charge in [-0.25, -0.2) is 0 Å². The van der Waals surface area contributed by atoms with E-state index < -0.39 is 0 Å². The Bertz CT molecular complexity index is 972. The zero-order valence-corrected chi connectivity index (χ0v) is 14.0. The predicted octanol–water partition coefficient (Wildman–Crippen LogP) is 3.76. The molecule has 2 aromatic carbocycles. The number of hydrogen-bond donors (Lipinski definition) is 0. The molecule has 0 saturated carbocycles. The molecule has 120 valence electrons. The maximum atomic E-state index is 12.7. The van der Waals surface area contributed by atoms with Gasteiger partial charge in [-0.1, -0.05) is 53.5 Å². The monoisotopic (exact) mass is 358 g/mol. The van der Waals surface area contributed by atoms with Crippen LogP contribution in [0.2, 0.25) is 10.0 Å². The van der Waals surface area contributed by atoms with Gasteiger partial charge in [-0.3, -0.25) is 9.36 Å². The number of aromatic nitrogens is 3. The van der Waals surface area contributed by atoms with Crippen LogP contribution in [0.25, 0.3) is 11.3 Å². The summed E-state index contributed by atoms with van der Waals surface area (Å²) in [5.41, 5.74) is 1.80. The van der Waals surface area contributed by atoms with Crippen LogP contribution in [0.3, 0.4) is 0 Å². The van der Waals surface area contributed by atoms with E-state index in [1.807, 2.05) is 41.3 Å². The third-order valence-electron chi connectivity index (χ3n) is 3.98. The standard InChI is InChI=1S/C17H12Cl2N4O/c18-13-7-6-12(10-14(13)19)22-8-9-23-16(24)15(20-21-17(22)23)11-4-2-1-3-5-11/h1-7,10H,8-9H2. The Morgan fingerprint density at radius 1 is 0.917 bits per heavy atom. The molecule has 0 N–H and O–H groups in total.